The number of aromatic nitrogens is 4. The van der Waals surface area contributed by atoms with Crippen molar-refractivity contribution in [3.8, 4) is 16.9 Å². The number of likely N-dealkylation sites (tertiary alicyclic amines) is 1. The molecular formula is C58H63N9O6S. The lowest BCUT2D eigenvalue weighted by Crippen LogP contribution is -2.41. The molecule has 11 rings (SSSR count). The predicted octanol–water partition coefficient (Wildman–Crippen LogP) is 9.76. The summed E-state index contributed by atoms with van der Waals surface area (Å²) in [6, 6.07) is 29.6. The lowest BCUT2D eigenvalue weighted by atomic mass is 9.90. The van der Waals surface area contributed by atoms with Crippen LogP contribution in [0.2, 0.25) is 0 Å². The Morgan fingerprint density at radius 2 is 1.64 bits per heavy atom. The van der Waals surface area contributed by atoms with Crippen LogP contribution >= 0.6 is 11.3 Å². The Morgan fingerprint density at radius 3 is 2.45 bits per heavy atom. The standard InChI is InChI=1S/C58H63N9O6S/c1-36-41(42-18-20-51(60-54(42)57(71)72)67-31-26-39-10-7-12-43(46(39)35-67)55(69)62-58-59-47-13-3-4-15-50(47)74-58)11-8-14-49(36)73-32-6-5-9-37-22-27-65(28-23-37)34-38-24-29-66(30-25-38)40-16-17-44-48(33-40)64(2)63-53(44)45-19-21-52(68)61-56(45)70/h3-4,7-8,10-18,20,33,37-38,45H,5-6,9,19,21-32,34-35H2,1-2H3,(H,71,72)(H,59,62,69)(H,61,68,70). The molecule has 3 aromatic heterocycles. The Balaban J connectivity index is 0.631. The smallest absolute Gasteiger partial charge is 0.355 e. The fourth-order valence-corrected chi connectivity index (χ4v) is 12.6. The molecule has 4 aromatic carbocycles. The second-order valence-electron chi connectivity index (χ2n) is 20.6. The molecule has 0 spiro atoms. The number of hydrogen-bond acceptors (Lipinski definition) is 12. The number of carbonyl (C=O) groups is 4. The summed E-state index contributed by atoms with van der Waals surface area (Å²) in [4.78, 5) is 67.4. The number of rotatable bonds is 15. The molecule has 4 aliphatic rings. The summed E-state index contributed by atoms with van der Waals surface area (Å²) in [6.07, 6.45) is 9.60. The number of hydrogen-bond donors (Lipinski definition) is 3. The third-order valence-electron chi connectivity index (χ3n) is 15.9. The predicted molar refractivity (Wildman–Crippen MR) is 289 cm³/mol. The van der Waals surface area contributed by atoms with Gasteiger partial charge in [0.15, 0.2) is 10.8 Å². The van der Waals surface area contributed by atoms with E-state index in [1.165, 1.54) is 55.7 Å². The molecule has 3 saturated heterocycles. The Bertz CT molecular complexity index is 3230. The van der Waals surface area contributed by atoms with Crippen LogP contribution in [0.1, 0.15) is 107 Å². The van der Waals surface area contributed by atoms with Gasteiger partial charge in [0.25, 0.3) is 5.91 Å². The summed E-state index contributed by atoms with van der Waals surface area (Å²) < 4.78 is 9.24. The van der Waals surface area contributed by atoms with Crippen molar-refractivity contribution in [2.45, 2.75) is 83.6 Å². The SMILES string of the molecule is Cc1c(OCCCCC2CCN(CC3CCN(c4ccc5c(C6CCC(=O)NC6=O)nn(C)c5c4)CC3)CC2)cccc1-c1ccc(N2CCc3cccc(C(=O)Nc4nc5ccccc5s4)c3C2)nc1C(=O)O. The number of aromatic carboxylic acids is 1. The minimum atomic E-state index is -1.10. The number of piperidine rings is 3. The van der Waals surface area contributed by atoms with Crippen molar-refractivity contribution in [1.82, 2.24) is 30.0 Å². The number of thiazole rings is 1. The average Bonchev–Trinajstić information content (AvgIpc) is 3.98. The van der Waals surface area contributed by atoms with Gasteiger partial charge < -0.3 is 24.5 Å². The molecule has 3 fully saturated rings. The van der Waals surface area contributed by atoms with E-state index in [0.717, 1.165) is 99.8 Å². The van der Waals surface area contributed by atoms with Gasteiger partial charge in [0.1, 0.15) is 11.6 Å². The number of nitrogens with one attached hydrogen (secondary N) is 2. The van der Waals surface area contributed by atoms with E-state index < -0.39 is 11.9 Å². The maximum atomic E-state index is 13.6. The highest BCUT2D eigenvalue weighted by Gasteiger charge is 2.33. The van der Waals surface area contributed by atoms with E-state index in [0.29, 0.717) is 67.0 Å². The number of anilines is 3. The number of aryl methyl sites for hydroxylation is 1. The zero-order chi connectivity index (χ0) is 50.9. The average molecular weight is 1010 g/mol. The highest BCUT2D eigenvalue weighted by atomic mass is 32.1. The number of fused-ring (bicyclic) bond motifs is 3. The topological polar surface area (TPSA) is 175 Å². The molecule has 0 saturated carbocycles. The third kappa shape index (κ3) is 10.3. The number of ether oxygens (including phenoxy) is 1. The minimum Gasteiger partial charge on any atom is -0.493 e. The third-order valence-corrected chi connectivity index (χ3v) is 16.9. The van der Waals surface area contributed by atoms with Gasteiger partial charge in [0.05, 0.1) is 34.0 Å². The summed E-state index contributed by atoms with van der Waals surface area (Å²) in [5.41, 5.74) is 8.54. The van der Waals surface area contributed by atoms with Crippen LogP contribution in [0.5, 0.6) is 5.75 Å². The second-order valence-corrected chi connectivity index (χ2v) is 21.6. The highest BCUT2D eigenvalue weighted by Crippen LogP contribution is 2.37. The molecule has 382 valence electrons. The number of para-hydroxylation sites is 1. The first-order valence-electron chi connectivity index (χ1n) is 26.3. The lowest BCUT2D eigenvalue weighted by molar-refractivity contribution is -0.134. The fourth-order valence-electron chi connectivity index (χ4n) is 11.7. The molecule has 3 amide bonds. The van der Waals surface area contributed by atoms with Crippen LogP contribution in [-0.2, 0) is 29.6 Å². The number of carboxylic acid groups (broad SMARTS) is 1. The lowest BCUT2D eigenvalue weighted by Gasteiger charge is -2.38. The van der Waals surface area contributed by atoms with Gasteiger partial charge in [-0.3, -0.25) is 29.7 Å². The number of pyridine rings is 1. The van der Waals surface area contributed by atoms with Crippen LogP contribution < -0.4 is 25.2 Å². The van der Waals surface area contributed by atoms with Crippen molar-refractivity contribution in [1.29, 1.82) is 0 Å². The molecular weight excluding hydrogens is 951 g/mol. The van der Waals surface area contributed by atoms with E-state index in [1.54, 1.807) is 0 Å². The van der Waals surface area contributed by atoms with Crippen LogP contribution in [0, 0.1) is 18.8 Å². The van der Waals surface area contributed by atoms with Gasteiger partial charge in [-0.15, -0.1) is 0 Å². The summed E-state index contributed by atoms with van der Waals surface area (Å²) >= 11 is 1.44. The van der Waals surface area contributed by atoms with Crippen molar-refractivity contribution < 1.29 is 29.0 Å². The molecule has 74 heavy (non-hydrogen) atoms. The van der Waals surface area contributed by atoms with Crippen LogP contribution in [0.3, 0.4) is 0 Å². The molecule has 16 heteroatoms. The normalized spacial score (nSPS) is 17.9. The van der Waals surface area contributed by atoms with Crippen LogP contribution in [0.15, 0.2) is 91.0 Å². The molecule has 1 atom stereocenters. The van der Waals surface area contributed by atoms with Gasteiger partial charge in [0, 0.05) is 68.4 Å². The summed E-state index contributed by atoms with van der Waals surface area (Å²) in [5.74, 6) is 0.537. The van der Waals surface area contributed by atoms with E-state index in [9.17, 15) is 24.3 Å². The van der Waals surface area contributed by atoms with Crippen molar-refractivity contribution in [3.05, 3.63) is 125 Å². The van der Waals surface area contributed by atoms with Crippen LogP contribution in [-0.4, -0.2) is 99.3 Å². The molecule has 4 aliphatic heterocycles. The second kappa shape index (κ2) is 21.4. The maximum Gasteiger partial charge on any atom is 0.355 e. The van der Waals surface area contributed by atoms with Gasteiger partial charge in [-0.05, 0) is 160 Å². The monoisotopic (exact) mass is 1010 g/mol. The minimum absolute atomic E-state index is 0.0207. The highest BCUT2D eigenvalue weighted by molar-refractivity contribution is 7.22. The van der Waals surface area contributed by atoms with Gasteiger partial charge in [0.2, 0.25) is 11.8 Å². The summed E-state index contributed by atoms with van der Waals surface area (Å²) in [5, 5.41) is 22.2. The molecule has 15 nitrogen and oxygen atoms in total. The number of carboxylic acids is 1. The van der Waals surface area contributed by atoms with E-state index in [2.05, 4.69) is 43.6 Å². The molecule has 0 aliphatic carbocycles. The Morgan fingerprint density at radius 1 is 0.824 bits per heavy atom. The molecule has 7 aromatic rings. The van der Waals surface area contributed by atoms with Crippen molar-refractivity contribution in [2.24, 2.45) is 18.9 Å². The number of imide groups is 1. The largest absolute Gasteiger partial charge is 0.493 e. The number of carbonyl (C=O) groups excluding carboxylic acids is 3. The van der Waals surface area contributed by atoms with Crippen LogP contribution in [0.25, 0.3) is 32.2 Å². The molecule has 1 unspecified atom stereocenters. The van der Waals surface area contributed by atoms with Crippen LogP contribution in [0.4, 0.5) is 16.6 Å². The van der Waals surface area contributed by atoms with Crippen molar-refractivity contribution in [3.63, 3.8) is 0 Å². The van der Waals surface area contributed by atoms with E-state index >= 15 is 0 Å². The molecule has 7 heterocycles. The van der Waals surface area contributed by atoms with E-state index in [1.807, 2.05) is 96.3 Å². The Labute approximate surface area is 434 Å². The van der Waals surface area contributed by atoms with Gasteiger partial charge in [-0.2, -0.15) is 5.10 Å². The van der Waals surface area contributed by atoms with Crippen molar-refractivity contribution in [2.75, 3.05) is 61.0 Å². The number of nitrogens with zero attached hydrogens (tertiary/aromatic N) is 7. The molecule has 0 radical (unpaired) electrons. The van der Waals surface area contributed by atoms with E-state index in [-0.39, 0.29) is 23.4 Å². The summed E-state index contributed by atoms with van der Waals surface area (Å²) in [7, 11) is 1.93. The zero-order valence-corrected chi connectivity index (χ0v) is 43.0. The number of unbranched alkanes of at least 4 members (excludes halogenated alkanes) is 1. The van der Waals surface area contributed by atoms with Gasteiger partial charge >= 0.3 is 5.97 Å². The summed E-state index contributed by atoms with van der Waals surface area (Å²) in [6.45, 7) is 9.17. The molecule has 3 N–H and O–H groups in total. The number of amides is 3. The van der Waals surface area contributed by atoms with Gasteiger partial charge in [-0.25, -0.2) is 14.8 Å². The quantitative estimate of drug-likeness (QED) is 0.0656. The van der Waals surface area contributed by atoms with E-state index in [4.69, 9.17) is 14.8 Å². The first-order chi connectivity index (χ1) is 36.0. The zero-order valence-electron chi connectivity index (χ0n) is 42.1. The number of benzene rings is 4. The Hall–Kier alpha value is -7.17. The Kier molecular flexibility index (Phi) is 14.2. The fraction of sp³-hybridized carbons (Fsp3) is 0.397. The first kappa shape index (κ1) is 49.1. The molecule has 0 bridgehead atoms. The maximum absolute atomic E-state index is 13.6. The van der Waals surface area contributed by atoms with Gasteiger partial charge in [-0.1, -0.05) is 54.2 Å². The first-order valence-corrected chi connectivity index (χ1v) is 27.1. The van der Waals surface area contributed by atoms with Crippen molar-refractivity contribution >= 4 is 72.8 Å².